The molecular weight excluding hydrogens is 727 g/mol. The number of amides is 3. The smallest absolute Gasteiger partial charge is 0.373 e. The predicted octanol–water partition coefficient (Wildman–Crippen LogP) is 5.88. The fourth-order valence-electron chi connectivity index (χ4n) is 3.46. The molecule has 0 spiro atoms. The van der Waals surface area contributed by atoms with Crippen LogP contribution >= 0.6 is 54.5 Å². The molecule has 3 aromatic rings. The van der Waals surface area contributed by atoms with Crippen LogP contribution in [0.4, 0.5) is 4.79 Å². The third-order valence-electron chi connectivity index (χ3n) is 5.27. The van der Waals surface area contributed by atoms with Crippen LogP contribution < -0.4 is 14.8 Å². The van der Waals surface area contributed by atoms with Crippen LogP contribution in [0.2, 0.25) is 0 Å². The Kier molecular flexibility index (Phi) is 8.60. The van der Waals surface area contributed by atoms with Crippen molar-refractivity contribution >= 4 is 78.4 Å². The van der Waals surface area contributed by atoms with Crippen molar-refractivity contribution in [2.24, 2.45) is 0 Å². The molecule has 1 saturated heterocycles. The molecule has 0 radical (unpaired) electrons. The summed E-state index contributed by atoms with van der Waals surface area (Å²) >= 11 is 9.10. The average molecular weight is 746 g/mol. The maximum Gasteiger partial charge on any atom is 0.373 e. The number of nitrogens with zero attached hydrogens (tertiary/aromatic N) is 1. The normalized spacial score (nSPS) is 14.2. The van der Waals surface area contributed by atoms with Gasteiger partial charge < -0.3 is 23.9 Å². The van der Waals surface area contributed by atoms with Gasteiger partial charge in [0.1, 0.15) is 18.1 Å². The molecule has 3 amide bonds. The fraction of sp³-hybridized carbons (Fsp3) is 0.160. The number of imide groups is 1. The van der Waals surface area contributed by atoms with Crippen LogP contribution in [0.25, 0.3) is 6.08 Å². The Balaban J connectivity index is 1.51. The van der Waals surface area contributed by atoms with Crippen LogP contribution in [0.15, 0.2) is 61.5 Å². The zero-order chi connectivity index (χ0) is 26.7. The van der Waals surface area contributed by atoms with Crippen molar-refractivity contribution in [1.29, 1.82) is 0 Å². The molecule has 0 unspecified atom stereocenters. The summed E-state index contributed by atoms with van der Waals surface area (Å²) < 4.78 is 24.2. The van der Waals surface area contributed by atoms with Gasteiger partial charge in [0.15, 0.2) is 11.5 Å². The molecule has 0 atom stereocenters. The zero-order valence-corrected chi connectivity index (χ0v) is 24.8. The third kappa shape index (κ3) is 6.18. The molecule has 12 heteroatoms. The molecule has 0 bridgehead atoms. The van der Waals surface area contributed by atoms with Gasteiger partial charge in [-0.05, 0) is 70.6 Å². The molecule has 0 aliphatic carbocycles. The van der Waals surface area contributed by atoms with E-state index in [9.17, 15) is 14.4 Å². The number of carbonyl (C=O) groups excluding carboxylic acids is 3. The van der Waals surface area contributed by atoms with Crippen molar-refractivity contribution in [3.8, 4) is 11.5 Å². The number of nitrogens with one attached hydrogen (secondary N) is 1. The monoisotopic (exact) mass is 744 g/mol. The second-order valence-corrected chi connectivity index (χ2v) is 10.6. The number of benzene rings is 2. The van der Waals surface area contributed by atoms with E-state index >= 15 is 0 Å². The van der Waals surface area contributed by atoms with Crippen molar-refractivity contribution < 1.29 is 33.0 Å². The summed E-state index contributed by atoms with van der Waals surface area (Å²) in [7, 11) is 2.76. The van der Waals surface area contributed by atoms with E-state index in [-0.39, 0.29) is 23.8 Å². The predicted molar refractivity (Wildman–Crippen MR) is 149 cm³/mol. The standard InChI is InChI=1S/C25H19Br2IN2O7/c1-34-21-9-13(7-18(28)22(21)36-12-14-3-4-15(26)10-17(14)27)8-19-23(31)30(25(33)29-19)11-16-5-6-20(37-16)24(32)35-2/h3-10H,11-12H2,1-2H3,(H,29,33)/b19-8-. The average Bonchev–Trinajstić information content (AvgIpc) is 3.44. The Morgan fingerprint density at radius 2 is 1.92 bits per heavy atom. The first-order valence-corrected chi connectivity index (χ1v) is 13.3. The van der Waals surface area contributed by atoms with E-state index in [1.54, 1.807) is 12.1 Å². The molecule has 1 aromatic heterocycles. The number of halogens is 3. The first-order chi connectivity index (χ1) is 17.7. The topological polar surface area (TPSA) is 107 Å². The van der Waals surface area contributed by atoms with Crippen molar-refractivity contribution in [1.82, 2.24) is 10.2 Å². The van der Waals surface area contributed by atoms with E-state index in [4.69, 9.17) is 13.9 Å². The maximum absolute atomic E-state index is 12.9. The van der Waals surface area contributed by atoms with E-state index in [0.717, 1.165) is 23.0 Å². The van der Waals surface area contributed by atoms with E-state index in [1.807, 2.05) is 24.3 Å². The number of ether oxygens (including phenoxy) is 3. The van der Waals surface area contributed by atoms with Gasteiger partial charge in [0.2, 0.25) is 5.76 Å². The lowest BCUT2D eigenvalue weighted by molar-refractivity contribution is -0.123. The number of hydrogen-bond donors (Lipinski definition) is 1. The van der Waals surface area contributed by atoms with Gasteiger partial charge in [-0.2, -0.15) is 0 Å². The lowest BCUT2D eigenvalue weighted by Gasteiger charge is -2.14. The number of methoxy groups -OCH3 is 2. The Hall–Kier alpha value is -2.84. The van der Waals surface area contributed by atoms with Gasteiger partial charge in [-0.15, -0.1) is 0 Å². The summed E-state index contributed by atoms with van der Waals surface area (Å²) in [4.78, 5) is 38.0. The highest BCUT2D eigenvalue weighted by molar-refractivity contribution is 14.1. The van der Waals surface area contributed by atoms with Crippen molar-refractivity contribution in [3.63, 3.8) is 0 Å². The van der Waals surface area contributed by atoms with E-state index in [1.165, 1.54) is 26.4 Å². The summed E-state index contributed by atoms with van der Waals surface area (Å²) in [6, 6.07) is 11.7. The highest BCUT2D eigenvalue weighted by atomic mass is 127. The van der Waals surface area contributed by atoms with Gasteiger partial charge in [-0.25, -0.2) is 9.59 Å². The highest BCUT2D eigenvalue weighted by Gasteiger charge is 2.34. The van der Waals surface area contributed by atoms with Crippen LogP contribution in [0, 0.1) is 3.57 Å². The fourth-order valence-corrected chi connectivity index (χ4v) is 5.41. The zero-order valence-electron chi connectivity index (χ0n) is 19.5. The first kappa shape index (κ1) is 27.2. The summed E-state index contributed by atoms with van der Waals surface area (Å²) in [6.45, 7) is 0.173. The Labute approximate surface area is 242 Å². The van der Waals surface area contributed by atoms with Gasteiger partial charge in [0.25, 0.3) is 5.91 Å². The number of rotatable bonds is 8. The van der Waals surface area contributed by atoms with Crippen LogP contribution in [-0.4, -0.2) is 37.0 Å². The minimum absolute atomic E-state index is 0.0169. The van der Waals surface area contributed by atoms with Crippen LogP contribution in [0.1, 0.15) is 27.4 Å². The lowest BCUT2D eigenvalue weighted by atomic mass is 10.1. The van der Waals surface area contributed by atoms with Gasteiger partial charge in [-0.1, -0.05) is 37.9 Å². The molecule has 37 heavy (non-hydrogen) atoms. The molecule has 9 nitrogen and oxygen atoms in total. The van der Waals surface area contributed by atoms with Crippen LogP contribution in [0.3, 0.4) is 0 Å². The third-order valence-corrected chi connectivity index (χ3v) is 7.31. The highest BCUT2D eigenvalue weighted by Crippen LogP contribution is 2.36. The van der Waals surface area contributed by atoms with Crippen LogP contribution in [-0.2, 0) is 22.7 Å². The number of esters is 1. The summed E-state index contributed by atoms with van der Waals surface area (Å²) in [5.41, 5.74) is 1.69. The summed E-state index contributed by atoms with van der Waals surface area (Å²) in [5, 5.41) is 2.57. The van der Waals surface area contributed by atoms with Crippen LogP contribution in [0.5, 0.6) is 11.5 Å². The van der Waals surface area contributed by atoms with Crippen molar-refractivity contribution in [2.45, 2.75) is 13.2 Å². The van der Waals surface area contributed by atoms with Gasteiger partial charge in [0, 0.05) is 14.5 Å². The number of furan rings is 1. The molecule has 2 aromatic carbocycles. The minimum Gasteiger partial charge on any atom is -0.493 e. The molecule has 1 fully saturated rings. The second kappa shape index (κ2) is 11.7. The van der Waals surface area contributed by atoms with E-state index < -0.39 is 17.9 Å². The Morgan fingerprint density at radius 3 is 2.62 bits per heavy atom. The molecule has 1 aliphatic rings. The first-order valence-electron chi connectivity index (χ1n) is 10.7. The molecule has 4 rings (SSSR count). The minimum atomic E-state index is -0.649. The van der Waals surface area contributed by atoms with E-state index in [2.05, 4.69) is 64.5 Å². The molecule has 1 aliphatic heterocycles. The van der Waals surface area contributed by atoms with Gasteiger partial charge in [-0.3, -0.25) is 9.69 Å². The van der Waals surface area contributed by atoms with Crippen molar-refractivity contribution in [3.05, 3.63) is 83.3 Å². The molecule has 1 N–H and O–H groups in total. The van der Waals surface area contributed by atoms with Gasteiger partial charge in [0.05, 0.1) is 24.3 Å². The second-order valence-electron chi connectivity index (χ2n) is 7.70. The summed E-state index contributed by atoms with van der Waals surface area (Å²) in [5.74, 6) is 0.103. The largest absolute Gasteiger partial charge is 0.493 e. The Morgan fingerprint density at radius 1 is 1.14 bits per heavy atom. The molecular formula is C25H19Br2IN2O7. The maximum atomic E-state index is 12.9. The molecule has 0 saturated carbocycles. The lowest BCUT2D eigenvalue weighted by Crippen LogP contribution is -2.30. The van der Waals surface area contributed by atoms with E-state index in [0.29, 0.717) is 23.7 Å². The Bertz CT molecular complexity index is 1420. The van der Waals surface area contributed by atoms with Gasteiger partial charge >= 0.3 is 12.0 Å². The van der Waals surface area contributed by atoms with Crippen molar-refractivity contribution in [2.75, 3.05) is 14.2 Å². The molecule has 2 heterocycles. The number of urea groups is 1. The SMILES string of the molecule is COC(=O)c1ccc(CN2C(=O)N/C(=C\c3cc(I)c(OCc4ccc(Br)cc4Br)c(OC)c3)C2=O)o1. The molecule has 192 valence electrons. The summed E-state index contributed by atoms with van der Waals surface area (Å²) in [6.07, 6.45) is 1.56. The number of hydrogen-bond acceptors (Lipinski definition) is 7. The quantitative estimate of drug-likeness (QED) is 0.133. The number of carbonyl (C=O) groups is 3.